The molecule has 0 saturated carbocycles. The Morgan fingerprint density at radius 3 is 2.40 bits per heavy atom. The van der Waals surface area contributed by atoms with Crippen LogP contribution in [0.3, 0.4) is 0 Å². The van der Waals surface area contributed by atoms with Crippen LogP contribution in [0.2, 0.25) is 10.0 Å². The quantitative estimate of drug-likeness (QED) is 0.482. The predicted octanol–water partition coefficient (Wildman–Crippen LogP) is 5.47. The van der Waals surface area contributed by atoms with Crippen molar-refractivity contribution in [1.82, 2.24) is 10.2 Å². The number of halogens is 3. The van der Waals surface area contributed by atoms with E-state index in [-0.39, 0.29) is 31.0 Å². The Labute approximate surface area is 195 Å². The van der Waals surface area contributed by atoms with Gasteiger partial charge in [0.25, 0.3) is 5.91 Å². The maximum absolute atomic E-state index is 13.0. The van der Waals surface area contributed by atoms with Crippen molar-refractivity contribution in [3.05, 3.63) is 62.5 Å². The summed E-state index contributed by atoms with van der Waals surface area (Å²) in [7, 11) is 0. The van der Waals surface area contributed by atoms with Gasteiger partial charge >= 0.3 is 0 Å². The van der Waals surface area contributed by atoms with Gasteiger partial charge in [0.15, 0.2) is 6.61 Å². The zero-order chi connectivity index (χ0) is 22.3. The number of hydrogen-bond acceptors (Lipinski definition) is 3. The van der Waals surface area contributed by atoms with E-state index in [0.717, 1.165) is 10.9 Å². The van der Waals surface area contributed by atoms with Gasteiger partial charge < -0.3 is 15.0 Å². The van der Waals surface area contributed by atoms with Crippen LogP contribution in [0.1, 0.15) is 32.8 Å². The van der Waals surface area contributed by atoms with Crippen molar-refractivity contribution in [1.29, 1.82) is 0 Å². The molecule has 2 amide bonds. The van der Waals surface area contributed by atoms with E-state index in [2.05, 4.69) is 21.2 Å². The summed E-state index contributed by atoms with van der Waals surface area (Å²) in [4.78, 5) is 27.2. The summed E-state index contributed by atoms with van der Waals surface area (Å²) < 4.78 is 6.54. The topological polar surface area (TPSA) is 58.6 Å². The van der Waals surface area contributed by atoms with Gasteiger partial charge in [-0.2, -0.15) is 0 Å². The van der Waals surface area contributed by atoms with Crippen molar-refractivity contribution >= 4 is 50.9 Å². The lowest BCUT2D eigenvalue weighted by atomic mass is 10.1. The summed E-state index contributed by atoms with van der Waals surface area (Å²) in [6.07, 6.45) is 0.794. The monoisotopic (exact) mass is 514 g/mol. The van der Waals surface area contributed by atoms with Crippen molar-refractivity contribution in [2.24, 2.45) is 0 Å². The Morgan fingerprint density at radius 2 is 1.80 bits per heavy atom. The van der Waals surface area contributed by atoms with Crippen LogP contribution in [0.25, 0.3) is 0 Å². The Kier molecular flexibility index (Phi) is 9.46. The first-order chi connectivity index (χ1) is 14.2. The Morgan fingerprint density at radius 1 is 1.13 bits per heavy atom. The van der Waals surface area contributed by atoms with Gasteiger partial charge in [0.2, 0.25) is 5.91 Å². The van der Waals surface area contributed by atoms with Gasteiger partial charge in [-0.05, 0) is 62.2 Å². The first-order valence-corrected chi connectivity index (χ1v) is 11.2. The molecule has 0 radical (unpaired) electrons. The second-order valence-corrected chi connectivity index (χ2v) is 8.75. The van der Waals surface area contributed by atoms with Crippen LogP contribution in [0.15, 0.2) is 46.9 Å². The molecular weight excluding hydrogens is 491 g/mol. The number of hydrogen-bond donors (Lipinski definition) is 1. The number of carbonyl (C=O) groups is 2. The van der Waals surface area contributed by atoms with Gasteiger partial charge in [-0.1, -0.05) is 52.1 Å². The average molecular weight is 516 g/mol. The lowest BCUT2D eigenvalue weighted by Gasteiger charge is -2.30. The third kappa shape index (κ3) is 7.18. The largest absolute Gasteiger partial charge is 0.484 e. The Hall–Kier alpha value is -1.76. The number of rotatable bonds is 9. The molecule has 0 unspecified atom stereocenters. The van der Waals surface area contributed by atoms with Gasteiger partial charge in [0.1, 0.15) is 11.8 Å². The highest BCUT2D eigenvalue weighted by molar-refractivity contribution is 9.10. The summed E-state index contributed by atoms with van der Waals surface area (Å²) in [5, 5.41) is 3.86. The summed E-state index contributed by atoms with van der Waals surface area (Å²) in [5.74, 6) is 0.00917. The van der Waals surface area contributed by atoms with Crippen molar-refractivity contribution in [3.63, 3.8) is 0 Å². The van der Waals surface area contributed by atoms with Crippen LogP contribution < -0.4 is 10.1 Å². The van der Waals surface area contributed by atoms with Crippen molar-refractivity contribution in [2.45, 2.75) is 45.8 Å². The molecule has 0 bridgehead atoms. The molecule has 5 nitrogen and oxygen atoms in total. The minimum absolute atomic E-state index is 0.00929. The molecule has 8 heteroatoms. The number of ether oxygens (including phenoxy) is 1. The van der Waals surface area contributed by atoms with E-state index in [4.69, 9.17) is 27.9 Å². The van der Waals surface area contributed by atoms with E-state index in [9.17, 15) is 9.59 Å². The molecule has 0 aliphatic carbocycles. The van der Waals surface area contributed by atoms with Crippen LogP contribution in [0.5, 0.6) is 5.75 Å². The highest BCUT2D eigenvalue weighted by Gasteiger charge is 2.27. The lowest BCUT2D eigenvalue weighted by Crippen LogP contribution is -2.50. The minimum Gasteiger partial charge on any atom is -0.484 e. The zero-order valence-corrected chi connectivity index (χ0v) is 20.2. The molecule has 2 atom stereocenters. The van der Waals surface area contributed by atoms with Crippen molar-refractivity contribution < 1.29 is 14.3 Å². The number of nitrogens with zero attached hydrogens (tertiary/aromatic N) is 1. The van der Waals surface area contributed by atoms with Crippen LogP contribution in [-0.4, -0.2) is 35.4 Å². The van der Waals surface area contributed by atoms with Crippen molar-refractivity contribution in [2.75, 3.05) is 6.61 Å². The molecule has 0 aromatic heterocycles. The lowest BCUT2D eigenvalue weighted by molar-refractivity contribution is -0.142. The highest BCUT2D eigenvalue weighted by atomic mass is 79.9. The fraction of sp³-hybridized carbons (Fsp3) is 0.364. The second kappa shape index (κ2) is 11.6. The maximum Gasteiger partial charge on any atom is 0.261 e. The van der Waals surface area contributed by atoms with E-state index in [1.807, 2.05) is 26.0 Å². The zero-order valence-electron chi connectivity index (χ0n) is 17.1. The summed E-state index contributed by atoms with van der Waals surface area (Å²) >= 11 is 15.6. The van der Waals surface area contributed by atoms with Crippen LogP contribution >= 0.6 is 39.1 Å². The summed E-state index contributed by atoms with van der Waals surface area (Å²) in [5.41, 5.74) is 0.696. The first-order valence-electron chi connectivity index (χ1n) is 9.63. The third-order valence-corrected chi connectivity index (χ3v) is 5.82. The molecular formula is C22H25BrCl2N2O3. The van der Waals surface area contributed by atoms with Gasteiger partial charge in [0, 0.05) is 27.1 Å². The molecule has 0 aliphatic rings. The normalized spacial score (nSPS) is 12.7. The summed E-state index contributed by atoms with van der Waals surface area (Å²) in [6, 6.07) is 11.5. The predicted molar refractivity (Wildman–Crippen MR) is 124 cm³/mol. The maximum atomic E-state index is 13.0. The van der Waals surface area contributed by atoms with E-state index in [1.54, 1.807) is 37.3 Å². The van der Waals surface area contributed by atoms with Crippen LogP contribution in [-0.2, 0) is 16.1 Å². The fourth-order valence-electron chi connectivity index (χ4n) is 2.64. The van der Waals surface area contributed by atoms with Gasteiger partial charge in [0.05, 0.1) is 0 Å². The number of nitrogens with one attached hydrogen (secondary N) is 1. The van der Waals surface area contributed by atoms with Gasteiger partial charge in [-0.3, -0.25) is 9.59 Å². The van der Waals surface area contributed by atoms with E-state index in [1.165, 1.54) is 4.90 Å². The number of carbonyl (C=O) groups excluding carboxylic acids is 2. The highest BCUT2D eigenvalue weighted by Crippen LogP contribution is 2.23. The molecule has 2 aromatic rings. The van der Waals surface area contributed by atoms with Crippen molar-refractivity contribution in [3.8, 4) is 5.75 Å². The molecule has 30 heavy (non-hydrogen) atoms. The minimum atomic E-state index is -0.702. The third-order valence-electron chi connectivity index (χ3n) is 4.70. The molecule has 0 spiro atoms. The van der Waals surface area contributed by atoms with E-state index in [0.29, 0.717) is 21.4 Å². The van der Waals surface area contributed by atoms with Crippen LogP contribution in [0, 0.1) is 0 Å². The second-order valence-electron chi connectivity index (χ2n) is 6.99. The molecule has 0 aliphatic heterocycles. The Bertz CT molecular complexity index is 877. The molecule has 2 rings (SSSR count). The average Bonchev–Trinajstić information content (AvgIpc) is 2.72. The van der Waals surface area contributed by atoms with Crippen LogP contribution in [0.4, 0.5) is 0 Å². The summed E-state index contributed by atoms with van der Waals surface area (Å²) in [6.45, 7) is 5.56. The fourth-order valence-corrected chi connectivity index (χ4v) is 3.37. The molecule has 1 N–H and O–H groups in total. The standard InChI is InChI=1S/C22H25BrCl2N2O3/c1-4-14(2)26-22(29)15(3)27(12-16-5-8-18(24)11-20(16)25)21(28)13-30-19-9-6-17(23)7-10-19/h5-11,14-15H,4,12-13H2,1-3H3,(H,26,29)/t14-,15+/m1/s1. The SMILES string of the molecule is CC[C@@H](C)NC(=O)[C@H](C)N(Cc1ccc(Cl)cc1Cl)C(=O)COc1ccc(Br)cc1. The molecule has 0 saturated heterocycles. The molecule has 0 heterocycles. The van der Waals surface area contributed by atoms with E-state index < -0.39 is 6.04 Å². The van der Waals surface area contributed by atoms with Gasteiger partial charge in [-0.15, -0.1) is 0 Å². The first kappa shape index (κ1) is 24.5. The smallest absolute Gasteiger partial charge is 0.261 e. The van der Waals surface area contributed by atoms with Gasteiger partial charge in [-0.25, -0.2) is 0 Å². The van der Waals surface area contributed by atoms with E-state index >= 15 is 0 Å². The molecule has 0 fully saturated rings. The number of benzene rings is 2. The Balaban J connectivity index is 2.18. The molecule has 2 aromatic carbocycles. The number of amides is 2. The molecule has 162 valence electrons.